The van der Waals surface area contributed by atoms with Gasteiger partial charge in [-0.05, 0) is 42.8 Å². The van der Waals surface area contributed by atoms with Crippen molar-refractivity contribution in [2.75, 3.05) is 5.32 Å². The van der Waals surface area contributed by atoms with Crippen molar-refractivity contribution in [2.45, 2.75) is 6.92 Å². The Morgan fingerprint density at radius 3 is 2.88 bits per heavy atom. The predicted octanol–water partition coefficient (Wildman–Crippen LogP) is 3.45. The Morgan fingerprint density at radius 2 is 2.12 bits per heavy atom. The minimum atomic E-state index is -0.357. The maximum atomic E-state index is 13.9. The van der Waals surface area contributed by atoms with E-state index in [9.17, 15) is 9.18 Å². The first-order valence-corrected chi connectivity index (χ1v) is 7.66. The average molecular weight is 335 g/mol. The van der Waals surface area contributed by atoms with Gasteiger partial charge in [-0.3, -0.25) is 4.79 Å². The van der Waals surface area contributed by atoms with E-state index >= 15 is 0 Å². The summed E-state index contributed by atoms with van der Waals surface area (Å²) in [5, 5.41) is 7.27. The summed E-state index contributed by atoms with van der Waals surface area (Å²) in [6.45, 7) is 1.86. The number of hydrogen-bond acceptors (Lipinski definition) is 3. The van der Waals surface area contributed by atoms with E-state index in [2.05, 4.69) is 20.4 Å². The van der Waals surface area contributed by atoms with Crippen LogP contribution in [-0.2, 0) is 0 Å². The van der Waals surface area contributed by atoms with Gasteiger partial charge >= 0.3 is 0 Å². The van der Waals surface area contributed by atoms with E-state index in [0.717, 1.165) is 11.3 Å². The van der Waals surface area contributed by atoms with Crippen LogP contribution < -0.4 is 5.32 Å². The molecule has 0 saturated heterocycles. The van der Waals surface area contributed by atoms with Crippen LogP contribution in [0.3, 0.4) is 0 Å². The molecular weight excluding hydrogens is 321 g/mol. The molecule has 4 rings (SSSR count). The molecular formula is C18H14FN5O. The minimum Gasteiger partial charge on any atom is -0.350 e. The second kappa shape index (κ2) is 5.86. The van der Waals surface area contributed by atoms with Crippen molar-refractivity contribution in [1.82, 2.24) is 19.7 Å². The molecule has 2 aromatic heterocycles. The van der Waals surface area contributed by atoms with E-state index < -0.39 is 0 Å². The van der Waals surface area contributed by atoms with Gasteiger partial charge in [0, 0.05) is 11.1 Å². The molecule has 0 aliphatic heterocycles. The Hall–Kier alpha value is -3.48. The van der Waals surface area contributed by atoms with Crippen LogP contribution in [0.25, 0.3) is 16.6 Å². The molecule has 0 radical (unpaired) electrons. The lowest BCUT2D eigenvalue weighted by atomic mass is 10.1. The summed E-state index contributed by atoms with van der Waals surface area (Å²) in [5.74, 6) is -0.699. The largest absolute Gasteiger partial charge is 0.350 e. The molecule has 2 heterocycles. The van der Waals surface area contributed by atoms with Crippen molar-refractivity contribution in [3.05, 3.63) is 72.2 Å². The van der Waals surface area contributed by atoms with Crippen LogP contribution in [0.15, 0.2) is 55.1 Å². The van der Waals surface area contributed by atoms with Crippen LogP contribution >= 0.6 is 0 Å². The number of nitrogens with zero attached hydrogens (tertiary/aromatic N) is 3. The van der Waals surface area contributed by atoms with Crippen molar-refractivity contribution in [3.8, 4) is 5.69 Å². The van der Waals surface area contributed by atoms with Crippen LogP contribution in [0.5, 0.6) is 0 Å². The second-order valence-electron chi connectivity index (χ2n) is 5.68. The third-order valence-corrected chi connectivity index (χ3v) is 3.98. The number of hydrogen-bond donors (Lipinski definition) is 2. The van der Waals surface area contributed by atoms with E-state index in [0.29, 0.717) is 22.3 Å². The highest BCUT2D eigenvalue weighted by Gasteiger charge is 2.13. The molecule has 25 heavy (non-hydrogen) atoms. The average Bonchev–Trinajstić information content (AvgIpc) is 3.28. The summed E-state index contributed by atoms with van der Waals surface area (Å²) in [6.07, 6.45) is 3.01. The lowest BCUT2D eigenvalue weighted by Crippen LogP contribution is -2.12. The van der Waals surface area contributed by atoms with Gasteiger partial charge in [0.2, 0.25) is 0 Å². The SMILES string of the molecule is Cc1ccc(F)c2cc(C(=O)Nc3cccc(-n4cncn4)c3)[nH]c12. The number of aromatic amines is 1. The van der Waals surface area contributed by atoms with Crippen molar-refractivity contribution in [3.63, 3.8) is 0 Å². The molecule has 0 unspecified atom stereocenters. The van der Waals surface area contributed by atoms with Crippen molar-refractivity contribution in [1.29, 1.82) is 0 Å². The second-order valence-corrected chi connectivity index (χ2v) is 5.68. The summed E-state index contributed by atoms with van der Waals surface area (Å²) in [5.41, 5.74) is 3.18. The molecule has 0 bridgehead atoms. The molecule has 0 aliphatic rings. The predicted molar refractivity (Wildman–Crippen MR) is 92.3 cm³/mol. The van der Waals surface area contributed by atoms with Crippen LogP contribution in [0.4, 0.5) is 10.1 Å². The Bertz CT molecular complexity index is 1030. The molecule has 2 aromatic carbocycles. The number of H-pyrrole nitrogens is 1. The van der Waals surface area contributed by atoms with Crippen LogP contribution in [0.2, 0.25) is 0 Å². The normalized spacial score (nSPS) is 11.0. The maximum Gasteiger partial charge on any atom is 0.272 e. The third kappa shape index (κ3) is 2.76. The van der Waals surface area contributed by atoms with Gasteiger partial charge in [0.25, 0.3) is 5.91 Å². The molecule has 2 N–H and O–H groups in total. The van der Waals surface area contributed by atoms with Crippen molar-refractivity contribution < 1.29 is 9.18 Å². The summed E-state index contributed by atoms with van der Waals surface area (Å²) < 4.78 is 15.5. The lowest BCUT2D eigenvalue weighted by Gasteiger charge is -2.06. The first-order chi connectivity index (χ1) is 12.1. The summed E-state index contributed by atoms with van der Waals surface area (Å²) in [7, 11) is 0. The monoisotopic (exact) mass is 335 g/mol. The third-order valence-electron chi connectivity index (χ3n) is 3.98. The van der Waals surface area contributed by atoms with Crippen LogP contribution in [0, 0.1) is 12.7 Å². The van der Waals surface area contributed by atoms with Crippen LogP contribution in [0.1, 0.15) is 16.1 Å². The van der Waals surface area contributed by atoms with Gasteiger partial charge in [0.05, 0.1) is 11.2 Å². The molecule has 0 atom stereocenters. The van der Waals surface area contributed by atoms with Gasteiger partial charge in [0.15, 0.2) is 0 Å². The molecule has 4 aromatic rings. The molecule has 0 fully saturated rings. The first kappa shape index (κ1) is 15.1. The minimum absolute atomic E-state index is 0.300. The van der Waals surface area contributed by atoms with E-state index in [4.69, 9.17) is 0 Å². The van der Waals surface area contributed by atoms with Gasteiger partial charge in [-0.1, -0.05) is 12.1 Å². The zero-order valence-electron chi connectivity index (χ0n) is 13.3. The number of aromatic nitrogens is 4. The van der Waals surface area contributed by atoms with E-state index in [1.54, 1.807) is 29.2 Å². The smallest absolute Gasteiger partial charge is 0.272 e. The quantitative estimate of drug-likeness (QED) is 0.602. The van der Waals surface area contributed by atoms with E-state index in [1.807, 2.05) is 19.1 Å². The van der Waals surface area contributed by atoms with Crippen LogP contribution in [-0.4, -0.2) is 25.7 Å². The number of benzene rings is 2. The number of anilines is 1. The molecule has 0 saturated carbocycles. The molecule has 0 spiro atoms. The number of amides is 1. The summed E-state index contributed by atoms with van der Waals surface area (Å²) >= 11 is 0. The molecule has 6 nitrogen and oxygen atoms in total. The van der Waals surface area contributed by atoms with Gasteiger partial charge in [-0.2, -0.15) is 5.10 Å². The fraction of sp³-hybridized carbons (Fsp3) is 0.0556. The van der Waals surface area contributed by atoms with E-state index in [-0.39, 0.29) is 11.7 Å². The Morgan fingerprint density at radius 1 is 1.24 bits per heavy atom. The Labute approximate surface area is 142 Å². The highest BCUT2D eigenvalue weighted by molar-refractivity contribution is 6.06. The number of rotatable bonds is 3. The number of halogens is 1. The Kier molecular flexibility index (Phi) is 3.53. The number of fused-ring (bicyclic) bond motifs is 1. The Balaban J connectivity index is 1.63. The fourth-order valence-electron chi connectivity index (χ4n) is 2.71. The maximum absolute atomic E-state index is 13.9. The standard InChI is InChI=1S/C18H14FN5O/c1-11-5-6-15(19)14-8-16(23-17(11)14)18(25)22-12-3-2-4-13(7-12)24-10-20-9-21-24/h2-10,23H,1H3,(H,22,25). The highest BCUT2D eigenvalue weighted by atomic mass is 19.1. The number of aryl methyl sites for hydroxylation is 1. The van der Waals surface area contributed by atoms with Crippen molar-refractivity contribution >= 4 is 22.5 Å². The molecule has 1 amide bonds. The lowest BCUT2D eigenvalue weighted by molar-refractivity contribution is 0.102. The van der Waals surface area contributed by atoms with Crippen molar-refractivity contribution in [2.24, 2.45) is 0 Å². The van der Waals surface area contributed by atoms with Gasteiger partial charge in [0.1, 0.15) is 24.2 Å². The van der Waals surface area contributed by atoms with Gasteiger partial charge in [-0.15, -0.1) is 0 Å². The van der Waals surface area contributed by atoms with Gasteiger partial charge in [-0.25, -0.2) is 14.1 Å². The zero-order chi connectivity index (χ0) is 17.4. The van der Waals surface area contributed by atoms with Gasteiger partial charge < -0.3 is 10.3 Å². The van der Waals surface area contributed by atoms with E-state index in [1.165, 1.54) is 18.5 Å². The summed E-state index contributed by atoms with van der Waals surface area (Å²) in [6, 6.07) is 11.8. The summed E-state index contributed by atoms with van der Waals surface area (Å²) in [4.78, 5) is 19.4. The first-order valence-electron chi connectivity index (χ1n) is 7.66. The number of carbonyl (C=O) groups is 1. The molecule has 0 aliphatic carbocycles. The number of carbonyl (C=O) groups excluding carboxylic acids is 1. The highest BCUT2D eigenvalue weighted by Crippen LogP contribution is 2.23. The fourth-order valence-corrected chi connectivity index (χ4v) is 2.71. The molecule has 7 heteroatoms. The number of nitrogens with one attached hydrogen (secondary N) is 2. The topological polar surface area (TPSA) is 75.6 Å². The molecule has 124 valence electrons. The zero-order valence-corrected chi connectivity index (χ0v) is 13.3.